The van der Waals surface area contributed by atoms with Crippen LogP contribution in [-0.4, -0.2) is 54.3 Å². The molecule has 0 saturated heterocycles. The number of amides is 2. The van der Waals surface area contributed by atoms with Crippen LogP contribution in [0.3, 0.4) is 0 Å². The molecule has 1 heterocycles. The second kappa shape index (κ2) is 11.0. The van der Waals surface area contributed by atoms with Gasteiger partial charge in [-0.3, -0.25) is 9.48 Å². The third-order valence-corrected chi connectivity index (χ3v) is 7.37. The number of hydrogen-bond donors (Lipinski definition) is 1. The fourth-order valence-electron chi connectivity index (χ4n) is 3.43. The topological polar surface area (TPSA) is 111 Å². The first-order valence-electron chi connectivity index (χ1n) is 12.2. The molecule has 0 aliphatic rings. The second-order valence-electron chi connectivity index (χ2n) is 10.8. The highest BCUT2D eigenvalue weighted by Gasteiger charge is 2.29. The standard InChI is InChI=1S/C26H40N4O5S/c1-10-20-22(21(11-2)30(28-20)17-16-29(9)24(32)35-26(6,7)8)36(33,34)19-14-12-18(13-15-19)27-23(31)25(3,4)5/h12-15H,10-11,16-17H2,1-9H3,(H,27,31). The molecule has 0 unspecified atom stereocenters. The van der Waals surface area contributed by atoms with Crippen molar-refractivity contribution in [3.05, 3.63) is 35.7 Å². The Bertz CT molecular complexity index is 1190. The first-order chi connectivity index (χ1) is 16.5. The number of likely N-dealkylation sites (N-methyl/N-ethyl adjacent to an activating group) is 1. The Morgan fingerprint density at radius 1 is 1.03 bits per heavy atom. The predicted octanol–water partition coefficient (Wildman–Crippen LogP) is 4.69. The van der Waals surface area contributed by atoms with Crippen LogP contribution in [-0.2, 0) is 38.8 Å². The van der Waals surface area contributed by atoms with Crippen molar-refractivity contribution in [2.45, 2.75) is 90.2 Å². The first-order valence-corrected chi connectivity index (χ1v) is 13.7. The lowest BCUT2D eigenvalue weighted by atomic mass is 9.95. The van der Waals surface area contributed by atoms with Crippen molar-refractivity contribution in [1.29, 1.82) is 0 Å². The second-order valence-corrected chi connectivity index (χ2v) is 12.7. The summed E-state index contributed by atoms with van der Waals surface area (Å²) in [7, 11) is -2.22. The van der Waals surface area contributed by atoms with E-state index in [1.807, 2.05) is 34.6 Å². The van der Waals surface area contributed by atoms with E-state index in [0.29, 0.717) is 43.0 Å². The number of aryl methyl sites for hydroxylation is 1. The van der Waals surface area contributed by atoms with Crippen LogP contribution < -0.4 is 5.32 Å². The average molecular weight is 521 g/mol. The fraction of sp³-hybridized carbons (Fsp3) is 0.577. The Labute approximate surface area is 215 Å². The zero-order chi connectivity index (χ0) is 27.5. The van der Waals surface area contributed by atoms with Gasteiger partial charge in [0.1, 0.15) is 10.5 Å². The maximum absolute atomic E-state index is 13.7. The lowest BCUT2D eigenvalue weighted by Gasteiger charge is -2.24. The van der Waals surface area contributed by atoms with Crippen molar-refractivity contribution in [3.8, 4) is 0 Å². The molecule has 0 fully saturated rings. The van der Waals surface area contributed by atoms with Gasteiger partial charge < -0.3 is 15.0 Å². The highest BCUT2D eigenvalue weighted by Crippen LogP contribution is 2.30. The zero-order valence-electron chi connectivity index (χ0n) is 22.9. The molecule has 10 heteroatoms. The number of aromatic nitrogens is 2. The molecule has 2 rings (SSSR count). The number of benzene rings is 1. The highest BCUT2D eigenvalue weighted by atomic mass is 32.2. The van der Waals surface area contributed by atoms with Crippen molar-refractivity contribution in [2.75, 3.05) is 18.9 Å². The van der Waals surface area contributed by atoms with E-state index in [-0.39, 0.29) is 15.7 Å². The molecule has 1 aromatic carbocycles. The number of rotatable bonds is 8. The third-order valence-electron chi connectivity index (χ3n) is 5.47. The van der Waals surface area contributed by atoms with Gasteiger partial charge in [-0.2, -0.15) is 5.10 Å². The zero-order valence-corrected chi connectivity index (χ0v) is 23.7. The Morgan fingerprint density at radius 2 is 1.61 bits per heavy atom. The van der Waals surface area contributed by atoms with Gasteiger partial charge >= 0.3 is 6.09 Å². The monoisotopic (exact) mass is 520 g/mol. The fourth-order valence-corrected chi connectivity index (χ4v) is 5.22. The van der Waals surface area contributed by atoms with Gasteiger partial charge in [0.25, 0.3) is 0 Å². The summed E-state index contributed by atoms with van der Waals surface area (Å²) in [6.45, 7) is 15.2. The Balaban J connectivity index is 2.33. The van der Waals surface area contributed by atoms with Gasteiger partial charge in [0.2, 0.25) is 15.7 Å². The van der Waals surface area contributed by atoms with Gasteiger partial charge in [0, 0.05) is 24.7 Å². The molecular formula is C26H40N4O5S. The summed E-state index contributed by atoms with van der Waals surface area (Å²) in [6.07, 6.45) is 0.447. The van der Waals surface area contributed by atoms with E-state index in [4.69, 9.17) is 4.74 Å². The maximum Gasteiger partial charge on any atom is 0.410 e. The molecule has 200 valence electrons. The van der Waals surface area contributed by atoms with Crippen molar-refractivity contribution in [2.24, 2.45) is 5.41 Å². The van der Waals surface area contributed by atoms with Crippen LogP contribution in [0.5, 0.6) is 0 Å². The van der Waals surface area contributed by atoms with Crippen LogP contribution in [0.4, 0.5) is 10.5 Å². The van der Waals surface area contributed by atoms with Crippen LogP contribution in [0.1, 0.15) is 66.8 Å². The molecule has 0 saturated carbocycles. The lowest BCUT2D eigenvalue weighted by molar-refractivity contribution is -0.123. The number of carbonyl (C=O) groups excluding carboxylic acids is 2. The molecule has 36 heavy (non-hydrogen) atoms. The minimum Gasteiger partial charge on any atom is -0.444 e. The van der Waals surface area contributed by atoms with Gasteiger partial charge in [0.15, 0.2) is 0 Å². The van der Waals surface area contributed by atoms with Gasteiger partial charge in [-0.25, -0.2) is 13.2 Å². The van der Waals surface area contributed by atoms with E-state index in [2.05, 4.69) is 10.4 Å². The molecule has 0 aliphatic carbocycles. The van der Waals surface area contributed by atoms with Gasteiger partial charge in [0.05, 0.1) is 22.8 Å². The van der Waals surface area contributed by atoms with Crippen LogP contribution in [0, 0.1) is 5.41 Å². The number of nitrogens with one attached hydrogen (secondary N) is 1. The number of sulfone groups is 1. The minimum absolute atomic E-state index is 0.131. The van der Waals surface area contributed by atoms with E-state index in [0.717, 1.165) is 0 Å². The van der Waals surface area contributed by atoms with Crippen molar-refractivity contribution in [3.63, 3.8) is 0 Å². The largest absolute Gasteiger partial charge is 0.444 e. The summed E-state index contributed by atoms with van der Waals surface area (Å²) in [4.78, 5) is 26.4. The molecular weight excluding hydrogens is 480 g/mol. The third kappa shape index (κ3) is 7.09. The SMILES string of the molecule is CCc1nn(CCN(C)C(=O)OC(C)(C)C)c(CC)c1S(=O)(=O)c1ccc(NC(=O)C(C)(C)C)cc1. The smallest absolute Gasteiger partial charge is 0.410 e. The van der Waals surface area contributed by atoms with E-state index >= 15 is 0 Å². The molecule has 1 aromatic heterocycles. The van der Waals surface area contributed by atoms with Gasteiger partial charge in [-0.1, -0.05) is 34.6 Å². The van der Waals surface area contributed by atoms with Crippen LogP contribution in [0.15, 0.2) is 34.1 Å². The lowest BCUT2D eigenvalue weighted by Crippen LogP contribution is -2.36. The molecule has 1 N–H and O–H groups in total. The summed E-state index contributed by atoms with van der Waals surface area (Å²) in [5.74, 6) is -0.155. The van der Waals surface area contributed by atoms with Crippen LogP contribution in [0.25, 0.3) is 0 Å². The van der Waals surface area contributed by atoms with Crippen LogP contribution in [0.2, 0.25) is 0 Å². The first kappa shape index (κ1) is 29.4. The van der Waals surface area contributed by atoms with Crippen molar-refractivity contribution in [1.82, 2.24) is 14.7 Å². The number of anilines is 1. The molecule has 0 bridgehead atoms. The maximum atomic E-state index is 13.7. The molecule has 2 aromatic rings. The summed E-state index contributed by atoms with van der Waals surface area (Å²) < 4.78 is 34.4. The molecule has 0 atom stereocenters. The summed E-state index contributed by atoms with van der Waals surface area (Å²) >= 11 is 0. The quantitative estimate of drug-likeness (QED) is 0.541. The molecule has 0 aliphatic heterocycles. The number of nitrogens with zero attached hydrogens (tertiary/aromatic N) is 3. The summed E-state index contributed by atoms with van der Waals surface area (Å²) in [5, 5.41) is 7.39. The molecule has 9 nitrogen and oxygen atoms in total. The van der Waals surface area contributed by atoms with Crippen LogP contribution >= 0.6 is 0 Å². The number of carbonyl (C=O) groups is 2. The predicted molar refractivity (Wildman–Crippen MR) is 140 cm³/mol. The van der Waals surface area contributed by atoms with E-state index < -0.39 is 26.9 Å². The molecule has 2 amide bonds. The minimum atomic E-state index is -3.86. The van der Waals surface area contributed by atoms with E-state index in [1.165, 1.54) is 17.0 Å². The summed E-state index contributed by atoms with van der Waals surface area (Å²) in [6, 6.07) is 6.18. The average Bonchev–Trinajstić information content (AvgIpc) is 3.14. The Morgan fingerprint density at radius 3 is 2.08 bits per heavy atom. The van der Waals surface area contributed by atoms with E-state index in [1.54, 1.807) is 44.6 Å². The van der Waals surface area contributed by atoms with Crippen molar-refractivity contribution < 1.29 is 22.7 Å². The Kier molecular flexibility index (Phi) is 8.99. The Hall–Kier alpha value is -2.88. The van der Waals surface area contributed by atoms with Gasteiger partial charge in [-0.05, 0) is 57.9 Å². The van der Waals surface area contributed by atoms with Gasteiger partial charge in [-0.15, -0.1) is 0 Å². The molecule has 0 radical (unpaired) electrons. The normalized spacial score (nSPS) is 12.4. The number of hydrogen-bond acceptors (Lipinski definition) is 6. The van der Waals surface area contributed by atoms with E-state index in [9.17, 15) is 18.0 Å². The highest BCUT2D eigenvalue weighted by molar-refractivity contribution is 7.91. The number of ether oxygens (including phenoxy) is 1. The van der Waals surface area contributed by atoms with Crippen molar-refractivity contribution >= 4 is 27.5 Å². The summed E-state index contributed by atoms with van der Waals surface area (Å²) in [5.41, 5.74) is 0.434. The molecule has 0 spiro atoms.